The Hall–Kier alpha value is -1.59. The van der Waals surface area contributed by atoms with E-state index < -0.39 is 35.7 Å². The number of aliphatic carboxylic acids is 3. The van der Waals surface area contributed by atoms with Crippen molar-refractivity contribution in [2.45, 2.75) is 52.9 Å². The molecule has 0 heterocycles. The van der Waals surface area contributed by atoms with E-state index in [0.29, 0.717) is 32.1 Å². The van der Waals surface area contributed by atoms with Crippen molar-refractivity contribution in [1.82, 2.24) is 0 Å². The van der Waals surface area contributed by atoms with Crippen molar-refractivity contribution in [3.8, 4) is 0 Å². The van der Waals surface area contributed by atoms with Gasteiger partial charge in [-0.3, -0.25) is 14.4 Å². The van der Waals surface area contributed by atoms with Crippen LogP contribution in [0.4, 0.5) is 0 Å². The first-order valence-corrected chi connectivity index (χ1v) is 8.79. The lowest BCUT2D eigenvalue weighted by Crippen LogP contribution is -2.40. The monoisotopic (exact) mass is 341 g/mol. The summed E-state index contributed by atoms with van der Waals surface area (Å²) < 4.78 is 0. The van der Waals surface area contributed by atoms with E-state index in [0.717, 1.165) is 0 Å². The SMILES string of the molecule is CCC(C(=O)O)C1[CH]C(C(CC)C(=O)O)CC(C(CC)C(=O)O)C1. The van der Waals surface area contributed by atoms with Gasteiger partial charge < -0.3 is 15.3 Å². The van der Waals surface area contributed by atoms with Gasteiger partial charge in [0.15, 0.2) is 0 Å². The summed E-state index contributed by atoms with van der Waals surface area (Å²) in [5.41, 5.74) is 0. The van der Waals surface area contributed by atoms with Crippen LogP contribution in [-0.4, -0.2) is 33.2 Å². The molecule has 0 spiro atoms. The van der Waals surface area contributed by atoms with E-state index in [2.05, 4.69) is 0 Å². The number of carbonyl (C=O) groups is 3. The van der Waals surface area contributed by atoms with Crippen LogP contribution in [0.5, 0.6) is 0 Å². The highest BCUT2D eigenvalue weighted by Crippen LogP contribution is 2.45. The minimum absolute atomic E-state index is 0.186. The Bertz CT molecular complexity index is 388. The lowest BCUT2D eigenvalue weighted by atomic mass is 9.63. The molecule has 6 nitrogen and oxygen atoms in total. The number of hydrogen-bond acceptors (Lipinski definition) is 3. The Labute approximate surface area is 143 Å². The van der Waals surface area contributed by atoms with E-state index in [1.807, 2.05) is 13.3 Å². The number of carboxylic acid groups (broad SMARTS) is 3. The first-order chi connectivity index (χ1) is 11.3. The summed E-state index contributed by atoms with van der Waals surface area (Å²) >= 11 is 0. The number of rotatable bonds is 9. The van der Waals surface area contributed by atoms with Gasteiger partial charge in [-0.1, -0.05) is 20.8 Å². The quantitative estimate of drug-likeness (QED) is 0.594. The fourth-order valence-electron chi connectivity index (χ4n) is 4.23. The Balaban J connectivity index is 3.11. The highest BCUT2D eigenvalue weighted by Gasteiger charge is 2.43. The van der Waals surface area contributed by atoms with Crippen molar-refractivity contribution in [2.24, 2.45) is 35.5 Å². The molecular formula is C18H29O6. The van der Waals surface area contributed by atoms with Gasteiger partial charge in [0, 0.05) is 0 Å². The predicted octanol–water partition coefficient (Wildman–Crippen LogP) is 3.17. The van der Waals surface area contributed by atoms with Crippen LogP contribution in [0.25, 0.3) is 0 Å². The molecule has 0 bridgehead atoms. The first-order valence-electron chi connectivity index (χ1n) is 8.79. The molecule has 1 aliphatic carbocycles. The molecule has 0 aromatic rings. The Morgan fingerprint density at radius 3 is 1.38 bits per heavy atom. The average molecular weight is 341 g/mol. The van der Waals surface area contributed by atoms with Crippen LogP contribution in [0.15, 0.2) is 0 Å². The lowest BCUT2D eigenvalue weighted by molar-refractivity contribution is -0.146. The fraction of sp³-hybridized carbons (Fsp3) is 0.778. The van der Waals surface area contributed by atoms with Crippen LogP contribution in [0.2, 0.25) is 0 Å². The Morgan fingerprint density at radius 1 is 0.792 bits per heavy atom. The molecule has 6 heteroatoms. The molecule has 137 valence electrons. The zero-order chi connectivity index (χ0) is 18.4. The smallest absolute Gasteiger partial charge is 0.306 e. The van der Waals surface area contributed by atoms with Crippen molar-refractivity contribution in [3.05, 3.63) is 6.42 Å². The second-order valence-electron chi connectivity index (χ2n) is 6.81. The van der Waals surface area contributed by atoms with Gasteiger partial charge in [-0.05, 0) is 56.3 Å². The summed E-state index contributed by atoms with van der Waals surface area (Å²) in [7, 11) is 0. The third kappa shape index (κ3) is 4.71. The van der Waals surface area contributed by atoms with Crippen LogP contribution >= 0.6 is 0 Å². The molecule has 1 fully saturated rings. The topological polar surface area (TPSA) is 112 Å². The molecule has 1 saturated carbocycles. The zero-order valence-electron chi connectivity index (χ0n) is 14.6. The van der Waals surface area contributed by atoms with Gasteiger partial charge in [0.25, 0.3) is 0 Å². The van der Waals surface area contributed by atoms with E-state index in [1.165, 1.54) is 0 Å². The van der Waals surface area contributed by atoms with Crippen molar-refractivity contribution < 1.29 is 29.7 Å². The molecule has 5 unspecified atom stereocenters. The maximum atomic E-state index is 11.5. The van der Waals surface area contributed by atoms with Gasteiger partial charge in [-0.15, -0.1) is 0 Å². The Morgan fingerprint density at radius 2 is 1.12 bits per heavy atom. The van der Waals surface area contributed by atoms with Gasteiger partial charge in [0.2, 0.25) is 0 Å². The van der Waals surface area contributed by atoms with Crippen molar-refractivity contribution in [2.75, 3.05) is 0 Å². The highest BCUT2D eigenvalue weighted by molar-refractivity contribution is 5.72. The third-order valence-electron chi connectivity index (χ3n) is 5.52. The molecule has 1 rings (SSSR count). The Kier molecular flexibility index (Phi) is 7.70. The van der Waals surface area contributed by atoms with Gasteiger partial charge in [-0.25, -0.2) is 0 Å². The van der Waals surface area contributed by atoms with Crippen molar-refractivity contribution in [3.63, 3.8) is 0 Å². The molecule has 0 aliphatic heterocycles. The van der Waals surface area contributed by atoms with E-state index in [4.69, 9.17) is 0 Å². The third-order valence-corrected chi connectivity index (χ3v) is 5.52. The van der Waals surface area contributed by atoms with Crippen LogP contribution < -0.4 is 0 Å². The standard InChI is InChI=1S/C18H29O6/c1-4-13(16(19)20)10-7-11(14(5-2)17(21)22)9-12(8-10)15(6-3)18(23)24/h7,10-15H,4-6,8-9H2,1-3H3,(H,19,20)(H,21,22)(H,23,24). The minimum atomic E-state index is -0.898. The van der Waals surface area contributed by atoms with Gasteiger partial charge in [-0.2, -0.15) is 0 Å². The van der Waals surface area contributed by atoms with Crippen LogP contribution in [0, 0.1) is 41.9 Å². The predicted molar refractivity (Wildman–Crippen MR) is 88.3 cm³/mol. The summed E-state index contributed by atoms with van der Waals surface area (Å²) in [6.45, 7) is 5.41. The van der Waals surface area contributed by atoms with E-state index in [-0.39, 0.29) is 17.8 Å². The molecule has 1 aliphatic rings. The summed E-state index contributed by atoms with van der Waals surface area (Å²) in [6, 6.07) is 0. The van der Waals surface area contributed by atoms with Crippen LogP contribution in [0.1, 0.15) is 52.9 Å². The van der Waals surface area contributed by atoms with Crippen LogP contribution in [0.3, 0.4) is 0 Å². The van der Waals surface area contributed by atoms with Gasteiger partial charge in [0.1, 0.15) is 0 Å². The molecule has 0 amide bonds. The number of carboxylic acids is 3. The summed E-state index contributed by atoms with van der Waals surface area (Å²) in [4.78, 5) is 34.6. The lowest BCUT2D eigenvalue weighted by Gasteiger charge is -2.41. The normalized spacial score (nSPS) is 27.9. The summed E-state index contributed by atoms with van der Waals surface area (Å²) in [6.07, 6.45) is 4.25. The zero-order valence-corrected chi connectivity index (χ0v) is 14.6. The van der Waals surface area contributed by atoms with Crippen molar-refractivity contribution in [1.29, 1.82) is 0 Å². The van der Waals surface area contributed by atoms with Crippen molar-refractivity contribution >= 4 is 17.9 Å². The molecular weight excluding hydrogens is 312 g/mol. The van der Waals surface area contributed by atoms with E-state index in [1.54, 1.807) is 13.8 Å². The summed E-state index contributed by atoms with van der Waals surface area (Å²) in [5.74, 6) is -5.16. The van der Waals surface area contributed by atoms with Gasteiger partial charge in [0.05, 0.1) is 17.8 Å². The fourth-order valence-corrected chi connectivity index (χ4v) is 4.23. The second-order valence-corrected chi connectivity index (χ2v) is 6.81. The molecule has 0 saturated heterocycles. The molecule has 5 atom stereocenters. The molecule has 0 aromatic heterocycles. The average Bonchev–Trinajstić information content (AvgIpc) is 2.48. The number of hydrogen-bond donors (Lipinski definition) is 3. The largest absolute Gasteiger partial charge is 0.481 e. The maximum absolute atomic E-state index is 11.5. The molecule has 24 heavy (non-hydrogen) atoms. The highest BCUT2D eigenvalue weighted by atomic mass is 16.4. The molecule has 0 aromatic carbocycles. The van der Waals surface area contributed by atoms with Gasteiger partial charge >= 0.3 is 17.9 Å². The second kappa shape index (κ2) is 9.04. The van der Waals surface area contributed by atoms with Crippen LogP contribution in [-0.2, 0) is 14.4 Å². The molecule has 1 radical (unpaired) electrons. The minimum Gasteiger partial charge on any atom is -0.481 e. The summed E-state index contributed by atoms with van der Waals surface area (Å²) in [5, 5.41) is 28.4. The maximum Gasteiger partial charge on any atom is 0.306 e. The first kappa shape index (κ1) is 20.5. The van der Waals surface area contributed by atoms with E-state index >= 15 is 0 Å². The molecule has 3 N–H and O–H groups in total. The van der Waals surface area contributed by atoms with E-state index in [9.17, 15) is 29.7 Å².